The first-order valence-electron chi connectivity index (χ1n) is 4.94. The highest BCUT2D eigenvalue weighted by atomic mass is 19.4. The largest absolute Gasteiger partial charge is 0.453 e. The van der Waals surface area contributed by atoms with Crippen LogP contribution in [-0.4, -0.2) is 33.2 Å². The van der Waals surface area contributed by atoms with Crippen molar-refractivity contribution in [2.24, 2.45) is 0 Å². The number of likely N-dealkylation sites (N-methyl/N-ethyl adjacent to an activating group) is 1. The molecule has 2 aromatic heterocycles. The lowest BCUT2D eigenvalue weighted by atomic mass is 10.2. The van der Waals surface area contributed by atoms with Crippen molar-refractivity contribution in [3.8, 4) is 0 Å². The molecule has 0 aromatic carbocycles. The van der Waals surface area contributed by atoms with Crippen LogP contribution >= 0.6 is 0 Å². The summed E-state index contributed by atoms with van der Waals surface area (Å²) in [5.74, 6) is -1.22. The maximum atomic E-state index is 12.4. The molecule has 0 saturated carbocycles. The summed E-state index contributed by atoms with van der Waals surface area (Å²) in [7, 11) is 1.79. The minimum atomic E-state index is -4.54. The molecule has 0 radical (unpaired) electrons. The molecule has 1 N–H and O–H groups in total. The predicted octanol–water partition coefficient (Wildman–Crippen LogP) is 0.905. The minimum Gasteiger partial charge on any atom is -0.319 e. The minimum absolute atomic E-state index is 0.0504. The Hall–Kier alpha value is -1.70. The lowest BCUT2D eigenvalue weighted by Gasteiger charge is -1.99. The molecule has 17 heavy (non-hydrogen) atoms. The lowest BCUT2D eigenvalue weighted by molar-refractivity contribution is -0.144. The van der Waals surface area contributed by atoms with E-state index in [4.69, 9.17) is 0 Å². The number of nitrogens with one attached hydrogen (secondary N) is 1. The van der Waals surface area contributed by atoms with E-state index in [-0.39, 0.29) is 5.78 Å². The molecule has 2 heterocycles. The number of nitrogens with zero attached hydrogens (tertiary/aromatic N) is 4. The maximum Gasteiger partial charge on any atom is 0.453 e. The average molecular weight is 245 g/mol. The van der Waals surface area contributed by atoms with E-state index >= 15 is 0 Å². The van der Waals surface area contributed by atoms with E-state index in [9.17, 15) is 13.2 Å². The van der Waals surface area contributed by atoms with Gasteiger partial charge < -0.3 is 5.32 Å². The number of fused-ring (bicyclic) bond motifs is 1. The molecule has 2 rings (SSSR count). The first-order valence-corrected chi connectivity index (χ1v) is 4.94. The molecule has 8 heteroatoms. The summed E-state index contributed by atoms with van der Waals surface area (Å²) in [5, 5.41) is 6.29. The van der Waals surface area contributed by atoms with Gasteiger partial charge in [0.1, 0.15) is 0 Å². The number of alkyl halides is 3. The lowest BCUT2D eigenvalue weighted by Crippen LogP contribution is -2.11. The van der Waals surface area contributed by atoms with Gasteiger partial charge in [0.05, 0.1) is 0 Å². The van der Waals surface area contributed by atoms with Crippen LogP contribution in [-0.2, 0) is 12.6 Å². The second-order valence-electron chi connectivity index (χ2n) is 3.49. The van der Waals surface area contributed by atoms with Gasteiger partial charge >= 0.3 is 6.18 Å². The zero-order valence-electron chi connectivity index (χ0n) is 8.99. The molecule has 0 unspecified atom stereocenters. The van der Waals surface area contributed by atoms with Gasteiger partial charge in [-0.15, -0.1) is 5.10 Å². The quantitative estimate of drug-likeness (QED) is 0.873. The van der Waals surface area contributed by atoms with E-state index in [1.54, 1.807) is 7.05 Å². The van der Waals surface area contributed by atoms with Crippen molar-refractivity contribution in [1.29, 1.82) is 0 Å². The second kappa shape index (κ2) is 4.28. The number of aromatic nitrogens is 4. The van der Waals surface area contributed by atoms with Crippen LogP contribution in [0.3, 0.4) is 0 Å². The SMILES string of the molecule is CNCCc1cnc2nc(C(F)(F)F)nn2c1. The molecule has 0 aliphatic heterocycles. The molecule has 0 spiro atoms. The van der Waals surface area contributed by atoms with Gasteiger partial charge in [-0.3, -0.25) is 0 Å². The van der Waals surface area contributed by atoms with Crippen molar-refractivity contribution in [2.75, 3.05) is 13.6 Å². The van der Waals surface area contributed by atoms with Gasteiger partial charge in [-0.1, -0.05) is 0 Å². The van der Waals surface area contributed by atoms with Crippen LogP contribution in [0.2, 0.25) is 0 Å². The Kier molecular flexibility index (Phi) is 2.97. The third-order valence-electron chi connectivity index (χ3n) is 2.16. The van der Waals surface area contributed by atoms with Crippen LogP contribution in [0.15, 0.2) is 12.4 Å². The standard InChI is InChI=1S/C9H10F3N5/c1-13-3-2-6-4-14-8-15-7(9(10,11)12)16-17(8)5-6/h4-5,13H,2-3H2,1H3. The fraction of sp³-hybridized carbons (Fsp3) is 0.444. The molecule has 5 nitrogen and oxygen atoms in total. The van der Waals surface area contributed by atoms with Gasteiger partial charge in [-0.25, -0.2) is 9.50 Å². The molecular weight excluding hydrogens is 235 g/mol. The molecule has 0 fully saturated rings. The molecule has 0 amide bonds. The molecule has 2 aromatic rings. The zero-order chi connectivity index (χ0) is 12.5. The third kappa shape index (κ3) is 2.52. The number of halogens is 3. The van der Waals surface area contributed by atoms with Gasteiger partial charge in [0.25, 0.3) is 11.6 Å². The van der Waals surface area contributed by atoms with E-state index in [0.717, 1.165) is 10.1 Å². The molecule has 0 aliphatic carbocycles. The summed E-state index contributed by atoms with van der Waals surface area (Å²) in [6.45, 7) is 0.716. The topological polar surface area (TPSA) is 55.1 Å². The van der Waals surface area contributed by atoms with Crippen molar-refractivity contribution < 1.29 is 13.2 Å². The van der Waals surface area contributed by atoms with E-state index in [1.807, 2.05) is 0 Å². The van der Waals surface area contributed by atoms with Crippen LogP contribution in [0.4, 0.5) is 13.2 Å². The highest BCUT2D eigenvalue weighted by Crippen LogP contribution is 2.26. The Labute approximate surface area is 94.7 Å². The van der Waals surface area contributed by atoms with Gasteiger partial charge in [-0.05, 0) is 25.6 Å². The van der Waals surface area contributed by atoms with Crippen molar-refractivity contribution in [3.05, 3.63) is 23.8 Å². The summed E-state index contributed by atoms with van der Waals surface area (Å²) in [5.41, 5.74) is 0.797. The highest BCUT2D eigenvalue weighted by Gasteiger charge is 2.36. The van der Waals surface area contributed by atoms with Gasteiger partial charge in [0.2, 0.25) is 0 Å². The Morgan fingerprint density at radius 1 is 1.41 bits per heavy atom. The van der Waals surface area contributed by atoms with Crippen LogP contribution in [0.5, 0.6) is 0 Å². The number of hydrogen-bond acceptors (Lipinski definition) is 4. The molecule has 92 valence electrons. The fourth-order valence-corrected chi connectivity index (χ4v) is 1.34. The van der Waals surface area contributed by atoms with Gasteiger partial charge in [0, 0.05) is 12.4 Å². The normalized spacial score (nSPS) is 12.2. The van der Waals surface area contributed by atoms with Gasteiger partial charge in [0.15, 0.2) is 0 Å². The van der Waals surface area contributed by atoms with Crippen molar-refractivity contribution >= 4 is 5.78 Å². The van der Waals surface area contributed by atoms with Crippen LogP contribution in [0, 0.1) is 0 Å². The van der Waals surface area contributed by atoms with E-state index in [0.29, 0.717) is 13.0 Å². The molecule has 0 bridgehead atoms. The average Bonchev–Trinajstić information content (AvgIpc) is 2.68. The Bertz CT molecular complexity index is 519. The molecular formula is C9H10F3N5. The maximum absolute atomic E-state index is 12.4. The van der Waals surface area contributed by atoms with Crippen LogP contribution < -0.4 is 5.32 Å². The monoisotopic (exact) mass is 245 g/mol. The fourth-order valence-electron chi connectivity index (χ4n) is 1.34. The van der Waals surface area contributed by atoms with Crippen LogP contribution in [0.1, 0.15) is 11.4 Å². The Balaban J connectivity index is 2.34. The van der Waals surface area contributed by atoms with E-state index < -0.39 is 12.0 Å². The predicted molar refractivity (Wildman–Crippen MR) is 53.4 cm³/mol. The highest BCUT2D eigenvalue weighted by molar-refractivity contribution is 5.28. The Morgan fingerprint density at radius 2 is 2.18 bits per heavy atom. The smallest absolute Gasteiger partial charge is 0.319 e. The number of hydrogen-bond donors (Lipinski definition) is 1. The first-order chi connectivity index (χ1) is 8.00. The van der Waals surface area contributed by atoms with E-state index in [2.05, 4.69) is 20.4 Å². The Morgan fingerprint density at radius 3 is 2.82 bits per heavy atom. The summed E-state index contributed by atoms with van der Waals surface area (Å²) in [6.07, 6.45) is -0.872. The van der Waals surface area contributed by atoms with Crippen molar-refractivity contribution in [1.82, 2.24) is 24.9 Å². The third-order valence-corrected chi connectivity index (χ3v) is 2.16. The van der Waals surface area contributed by atoms with Crippen molar-refractivity contribution in [2.45, 2.75) is 12.6 Å². The summed E-state index contributed by atoms with van der Waals surface area (Å²) in [4.78, 5) is 7.14. The first kappa shape index (κ1) is 11.8. The second-order valence-corrected chi connectivity index (χ2v) is 3.49. The summed E-state index contributed by atoms with van der Waals surface area (Å²) >= 11 is 0. The zero-order valence-corrected chi connectivity index (χ0v) is 8.99. The molecule has 0 aliphatic rings. The summed E-state index contributed by atoms with van der Waals surface area (Å²) in [6, 6.07) is 0. The van der Waals surface area contributed by atoms with Crippen molar-refractivity contribution in [3.63, 3.8) is 0 Å². The van der Waals surface area contributed by atoms with E-state index in [1.165, 1.54) is 12.4 Å². The van der Waals surface area contributed by atoms with Gasteiger partial charge in [-0.2, -0.15) is 18.2 Å². The molecule has 0 atom stereocenters. The number of rotatable bonds is 3. The summed E-state index contributed by atoms with van der Waals surface area (Å²) < 4.78 is 38.1. The molecule has 0 saturated heterocycles. The van der Waals surface area contributed by atoms with Crippen LogP contribution in [0.25, 0.3) is 5.78 Å².